The lowest BCUT2D eigenvalue weighted by Gasteiger charge is -2.16. The molecule has 1 aromatic carbocycles. The van der Waals surface area contributed by atoms with E-state index in [1.807, 2.05) is 0 Å². The summed E-state index contributed by atoms with van der Waals surface area (Å²) in [5.41, 5.74) is 0.00551. The number of hydrogen-bond donors (Lipinski definition) is 0. The monoisotopic (exact) mass is 293 g/mol. The fourth-order valence-electron chi connectivity index (χ4n) is 1.10. The molecule has 5 heteroatoms. The smallest absolute Gasteiger partial charge is 0.256 e. The highest BCUT2D eigenvalue weighted by Crippen LogP contribution is 2.18. The number of halogens is 3. The van der Waals surface area contributed by atoms with E-state index in [1.165, 1.54) is 17.0 Å². The van der Waals surface area contributed by atoms with Crippen LogP contribution in [0.2, 0.25) is 5.02 Å². The van der Waals surface area contributed by atoms with Crippen molar-refractivity contribution in [3.05, 3.63) is 34.6 Å². The molecule has 0 unspecified atom stereocenters. The van der Waals surface area contributed by atoms with Gasteiger partial charge in [-0.15, -0.1) is 0 Å². The summed E-state index contributed by atoms with van der Waals surface area (Å²) in [4.78, 5) is 13.1. The molecule has 82 valence electrons. The predicted molar refractivity (Wildman–Crippen MR) is 62.2 cm³/mol. The van der Waals surface area contributed by atoms with Gasteiger partial charge >= 0.3 is 0 Å². The normalized spacial score (nSPS) is 10.1. The molecule has 1 aromatic rings. The average Bonchev–Trinajstić information content (AvgIpc) is 2.21. The van der Waals surface area contributed by atoms with Crippen LogP contribution in [0.5, 0.6) is 0 Å². The highest BCUT2D eigenvalue weighted by molar-refractivity contribution is 9.09. The lowest BCUT2D eigenvalue weighted by molar-refractivity contribution is 0.0799. The Labute approximate surface area is 101 Å². The van der Waals surface area contributed by atoms with Gasteiger partial charge in [-0.25, -0.2) is 4.39 Å². The standard InChI is InChI=1S/C10H10BrClFNO/c1-14(6-5-11)10(15)7-3-2-4-8(12)9(7)13/h2-4H,5-6H2,1H3. The van der Waals surface area contributed by atoms with Gasteiger partial charge in [0.05, 0.1) is 10.6 Å². The average molecular weight is 295 g/mol. The molecule has 0 spiro atoms. The summed E-state index contributed by atoms with van der Waals surface area (Å²) >= 11 is 8.79. The van der Waals surface area contributed by atoms with E-state index in [9.17, 15) is 9.18 Å². The van der Waals surface area contributed by atoms with Crippen LogP contribution < -0.4 is 0 Å². The maximum absolute atomic E-state index is 13.5. The van der Waals surface area contributed by atoms with E-state index in [0.29, 0.717) is 11.9 Å². The molecule has 1 rings (SSSR count). The predicted octanol–water partition coefficient (Wildman–Crippen LogP) is 2.95. The van der Waals surface area contributed by atoms with E-state index in [0.717, 1.165) is 0 Å². The number of rotatable bonds is 3. The third kappa shape index (κ3) is 2.92. The quantitative estimate of drug-likeness (QED) is 0.785. The van der Waals surface area contributed by atoms with Crippen LogP contribution in [0.1, 0.15) is 10.4 Å². The largest absolute Gasteiger partial charge is 0.341 e. The van der Waals surface area contributed by atoms with Crippen molar-refractivity contribution in [3.63, 3.8) is 0 Å². The fraction of sp³-hybridized carbons (Fsp3) is 0.300. The van der Waals surface area contributed by atoms with Crippen molar-refractivity contribution in [3.8, 4) is 0 Å². The number of alkyl halides is 1. The minimum atomic E-state index is -0.661. The van der Waals surface area contributed by atoms with Crippen molar-refractivity contribution < 1.29 is 9.18 Å². The molecule has 0 aliphatic heterocycles. The zero-order valence-corrected chi connectivity index (χ0v) is 10.5. The Morgan fingerprint density at radius 1 is 1.60 bits per heavy atom. The summed E-state index contributed by atoms with van der Waals surface area (Å²) < 4.78 is 13.5. The zero-order valence-electron chi connectivity index (χ0n) is 8.14. The van der Waals surface area contributed by atoms with E-state index in [4.69, 9.17) is 11.6 Å². The number of hydrogen-bond acceptors (Lipinski definition) is 1. The van der Waals surface area contributed by atoms with Crippen LogP contribution in [0.3, 0.4) is 0 Å². The lowest BCUT2D eigenvalue weighted by Crippen LogP contribution is -2.29. The van der Waals surface area contributed by atoms with Gasteiger partial charge in [0, 0.05) is 18.9 Å². The number of benzene rings is 1. The topological polar surface area (TPSA) is 20.3 Å². The van der Waals surface area contributed by atoms with Crippen LogP contribution in [-0.2, 0) is 0 Å². The third-order valence-electron chi connectivity index (χ3n) is 1.95. The van der Waals surface area contributed by atoms with E-state index in [-0.39, 0.29) is 16.5 Å². The van der Waals surface area contributed by atoms with Crippen molar-refractivity contribution in [2.75, 3.05) is 18.9 Å². The summed E-state index contributed by atoms with van der Waals surface area (Å²) in [7, 11) is 1.62. The van der Waals surface area contributed by atoms with Gasteiger partial charge < -0.3 is 4.90 Å². The van der Waals surface area contributed by atoms with Gasteiger partial charge in [0.15, 0.2) is 5.82 Å². The maximum Gasteiger partial charge on any atom is 0.256 e. The first kappa shape index (κ1) is 12.5. The molecule has 0 aromatic heterocycles. The number of carbonyl (C=O) groups excluding carboxylic acids is 1. The summed E-state index contributed by atoms with van der Waals surface area (Å²) in [6.07, 6.45) is 0. The first-order valence-electron chi connectivity index (χ1n) is 4.33. The third-order valence-corrected chi connectivity index (χ3v) is 2.60. The Morgan fingerprint density at radius 3 is 2.87 bits per heavy atom. The van der Waals surface area contributed by atoms with Gasteiger partial charge in [0.25, 0.3) is 5.91 Å². The molecule has 0 saturated carbocycles. The molecular formula is C10H10BrClFNO. The van der Waals surface area contributed by atoms with Crippen LogP contribution in [0.25, 0.3) is 0 Å². The Morgan fingerprint density at radius 2 is 2.27 bits per heavy atom. The van der Waals surface area contributed by atoms with Crippen LogP contribution in [-0.4, -0.2) is 29.7 Å². The molecule has 0 fully saturated rings. The van der Waals surface area contributed by atoms with Crippen molar-refractivity contribution in [2.24, 2.45) is 0 Å². The fourth-order valence-corrected chi connectivity index (χ4v) is 1.81. The molecule has 15 heavy (non-hydrogen) atoms. The number of nitrogens with zero attached hydrogens (tertiary/aromatic N) is 1. The Balaban J connectivity index is 2.96. The number of amides is 1. The van der Waals surface area contributed by atoms with Crippen molar-refractivity contribution in [1.82, 2.24) is 4.90 Å². The minimum absolute atomic E-state index is 0.00551. The summed E-state index contributed by atoms with van der Waals surface area (Å²) in [6.45, 7) is 0.519. The van der Waals surface area contributed by atoms with E-state index in [1.54, 1.807) is 13.1 Å². The summed E-state index contributed by atoms with van der Waals surface area (Å²) in [6, 6.07) is 4.40. The number of carbonyl (C=O) groups is 1. The zero-order chi connectivity index (χ0) is 11.4. The molecule has 0 N–H and O–H groups in total. The van der Waals surface area contributed by atoms with Crippen LogP contribution in [0.15, 0.2) is 18.2 Å². The Kier molecular flexibility index (Phi) is 4.54. The van der Waals surface area contributed by atoms with Gasteiger partial charge in [-0.1, -0.05) is 33.6 Å². The van der Waals surface area contributed by atoms with Gasteiger partial charge in [-0.3, -0.25) is 4.79 Å². The van der Waals surface area contributed by atoms with E-state index >= 15 is 0 Å². The highest BCUT2D eigenvalue weighted by Gasteiger charge is 2.17. The molecule has 0 atom stereocenters. The molecule has 0 aliphatic rings. The Hall–Kier alpha value is -0.610. The molecule has 0 aliphatic carbocycles. The second-order valence-corrected chi connectivity index (χ2v) is 4.22. The Bertz CT molecular complexity index is 372. The van der Waals surface area contributed by atoms with Gasteiger partial charge in [0.1, 0.15) is 0 Å². The lowest BCUT2D eigenvalue weighted by atomic mass is 10.2. The van der Waals surface area contributed by atoms with E-state index < -0.39 is 5.82 Å². The van der Waals surface area contributed by atoms with Crippen molar-refractivity contribution >= 4 is 33.4 Å². The molecule has 1 amide bonds. The SMILES string of the molecule is CN(CCBr)C(=O)c1cccc(Cl)c1F. The maximum atomic E-state index is 13.5. The van der Waals surface area contributed by atoms with Crippen LogP contribution in [0, 0.1) is 5.82 Å². The van der Waals surface area contributed by atoms with Crippen molar-refractivity contribution in [2.45, 2.75) is 0 Å². The molecule has 0 heterocycles. The van der Waals surface area contributed by atoms with Crippen LogP contribution in [0.4, 0.5) is 4.39 Å². The first-order chi connectivity index (χ1) is 7.07. The molecule has 0 saturated heterocycles. The summed E-state index contributed by atoms with van der Waals surface area (Å²) in [5.74, 6) is -1.03. The van der Waals surface area contributed by atoms with E-state index in [2.05, 4.69) is 15.9 Å². The summed E-state index contributed by atoms with van der Waals surface area (Å²) in [5, 5.41) is 0.616. The van der Waals surface area contributed by atoms with Crippen LogP contribution >= 0.6 is 27.5 Å². The molecule has 0 bridgehead atoms. The molecule has 0 radical (unpaired) electrons. The van der Waals surface area contributed by atoms with Crippen molar-refractivity contribution in [1.29, 1.82) is 0 Å². The van der Waals surface area contributed by atoms with Gasteiger partial charge in [0.2, 0.25) is 0 Å². The minimum Gasteiger partial charge on any atom is -0.341 e. The molecular weight excluding hydrogens is 284 g/mol. The van der Waals surface area contributed by atoms with Gasteiger partial charge in [-0.05, 0) is 12.1 Å². The highest BCUT2D eigenvalue weighted by atomic mass is 79.9. The molecule has 2 nitrogen and oxygen atoms in total. The first-order valence-corrected chi connectivity index (χ1v) is 5.83. The second-order valence-electron chi connectivity index (χ2n) is 3.02. The van der Waals surface area contributed by atoms with Gasteiger partial charge in [-0.2, -0.15) is 0 Å². The second kappa shape index (κ2) is 5.47.